The van der Waals surface area contributed by atoms with Crippen LogP contribution in [0.2, 0.25) is 0 Å². The van der Waals surface area contributed by atoms with Crippen molar-refractivity contribution >= 4 is 22.6 Å². The first-order chi connectivity index (χ1) is 10.4. The highest BCUT2D eigenvalue weighted by Gasteiger charge is 2.73. The Morgan fingerprint density at radius 3 is 2.73 bits per heavy atom. The second-order valence-corrected chi connectivity index (χ2v) is 11.3. The van der Waals surface area contributed by atoms with Crippen LogP contribution in [-0.2, 0) is 0 Å². The topological polar surface area (TPSA) is 0 Å². The van der Waals surface area contributed by atoms with E-state index in [1.807, 2.05) is 0 Å². The Kier molecular flexibility index (Phi) is 2.92. The second kappa shape index (κ2) is 4.35. The standard InChI is InChI=1S/C21H31I/c1-13-6-9-20(3)17-7-8-19(2)16(4-5-18(19)22)15(17)10-14-12-21(14,20)11-13/h5,13-17H,4,6-12H2,1-3H3/t13-,14?,15-,16-,17-,19-,20+,21?/m0/s1. The lowest BCUT2D eigenvalue weighted by molar-refractivity contribution is -0.114. The summed E-state index contributed by atoms with van der Waals surface area (Å²) in [7, 11) is 0. The molecule has 0 bridgehead atoms. The fourth-order valence-electron chi connectivity index (χ4n) is 8.20. The maximum atomic E-state index is 2.74. The highest BCUT2D eigenvalue weighted by Crippen LogP contribution is 2.80. The molecule has 5 aliphatic rings. The van der Waals surface area contributed by atoms with Crippen LogP contribution in [0.15, 0.2) is 9.66 Å². The summed E-state index contributed by atoms with van der Waals surface area (Å²) in [5.74, 6) is 5.17. The summed E-state index contributed by atoms with van der Waals surface area (Å²) >= 11 is 2.67. The summed E-state index contributed by atoms with van der Waals surface area (Å²) in [5.41, 5.74) is 2.04. The largest absolute Gasteiger partial charge is 0.0743 e. The minimum Gasteiger partial charge on any atom is -0.0743 e. The fourth-order valence-corrected chi connectivity index (χ4v) is 9.12. The molecular weight excluding hydrogens is 379 g/mol. The van der Waals surface area contributed by atoms with Crippen LogP contribution in [-0.4, -0.2) is 0 Å². The van der Waals surface area contributed by atoms with E-state index >= 15 is 0 Å². The molecule has 0 heterocycles. The normalized spacial score (nSPS) is 62.4. The Morgan fingerprint density at radius 1 is 1.09 bits per heavy atom. The molecular formula is C21H31I. The number of hydrogen-bond acceptors (Lipinski definition) is 0. The Hall–Kier alpha value is 0.470. The predicted octanol–water partition coefficient (Wildman–Crippen LogP) is 6.59. The zero-order valence-electron chi connectivity index (χ0n) is 14.5. The fraction of sp³-hybridized carbons (Fsp3) is 0.905. The van der Waals surface area contributed by atoms with Gasteiger partial charge in [-0.3, -0.25) is 0 Å². The van der Waals surface area contributed by atoms with E-state index in [2.05, 4.69) is 49.4 Å². The van der Waals surface area contributed by atoms with Crippen LogP contribution in [0.3, 0.4) is 0 Å². The lowest BCUT2D eigenvalue weighted by Gasteiger charge is -2.61. The van der Waals surface area contributed by atoms with Crippen molar-refractivity contribution in [3.8, 4) is 0 Å². The van der Waals surface area contributed by atoms with Gasteiger partial charge in [0, 0.05) is 5.41 Å². The highest BCUT2D eigenvalue weighted by atomic mass is 127. The van der Waals surface area contributed by atoms with Gasteiger partial charge in [-0.2, -0.15) is 0 Å². The van der Waals surface area contributed by atoms with Crippen molar-refractivity contribution in [3.05, 3.63) is 9.66 Å². The van der Waals surface area contributed by atoms with E-state index < -0.39 is 0 Å². The lowest BCUT2D eigenvalue weighted by Crippen LogP contribution is -2.53. The summed E-state index contributed by atoms with van der Waals surface area (Å²) in [6.07, 6.45) is 14.8. The van der Waals surface area contributed by atoms with E-state index in [9.17, 15) is 0 Å². The molecule has 0 radical (unpaired) electrons. The zero-order valence-corrected chi connectivity index (χ0v) is 16.7. The molecule has 0 aromatic rings. The first-order valence-electron chi connectivity index (χ1n) is 9.77. The quantitative estimate of drug-likeness (QED) is 0.395. The molecule has 0 aromatic carbocycles. The minimum absolute atomic E-state index is 0.551. The first kappa shape index (κ1) is 14.8. The van der Waals surface area contributed by atoms with E-state index in [0.717, 1.165) is 35.0 Å². The molecule has 4 saturated carbocycles. The third-order valence-electron chi connectivity index (χ3n) is 9.54. The van der Waals surface area contributed by atoms with Gasteiger partial charge in [0.25, 0.3) is 0 Å². The van der Waals surface area contributed by atoms with Gasteiger partial charge in [-0.15, -0.1) is 0 Å². The minimum atomic E-state index is 0.551. The van der Waals surface area contributed by atoms with E-state index in [0.29, 0.717) is 10.8 Å². The Bertz CT molecular complexity index is 550. The van der Waals surface area contributed by atoms with Crippen molar-refractivity contribution < 1.29 is 0 Å². The molecule has 122 valence electrons. The number of hydrogen-bond donors (Lipinski definition) is 0. The van der Waals surface area contributed by atoms with Gasteiger partial charge >= 0.3 is 0 Å². The average Bonchev–Trinajstić information content (AvgIpc) is 3.08. The monoisotopic (exact) mass is 410 g/mol. The predicted molar refractivity (Wildman–Crippen MR) is 101 cm³/mol. The Labute approximate surface area is 150 Å². The molecule has 1 spiro atoms. The average molecular weight is 410 g/mol. The molecule has 22 heavy (non-hydrogen) atoms. The SMILES string of the molecule is C[C@H]1CC[C@]2(C)[C@H]3CC[C@]4(C)C(I)=CC[C@H]4[C@@H]3CC3CC32C1. The molecule has 0 saturated heterocycles. The Balaban J connectivity index is 1.52. The summed E-state index contributed by atoms with van der Waals surface area (Å²) in [6.45, 7) is 7.86. The van der Waals surface area contributed by atoms with Crippen molar-refractivity contribution in [2.75, 3.05) is 0 Å². The molecule has 0 amide bonds. The van der Waals surface area contributed by atoms with Crippen LogP contribution < -0.4 is 0 Å². The number of halogens is 1. The Morgan fingerprint density at radius 2 is 1.91 bits per heavy atom. The summed E-state index contributed by atoms with van der Waals surface area (Å²) < 4.78 is 1.70. The van der Waals surface area contributed by atoms with Crippen LogP contribution in [0.25, 0.3) is 0 Å². The smallest absolute Gasteiger partial charge is 0.00135 e. The molecule has 1 heteroatoms. The summed E-state index contributed by atoms with van der Waals surface area (Å²) in [6, 6.07) is 0. The molecule has 0 aliphatic heterocycles. The third-order valence-corrected chi connectivity index (χ3v) is 11.2. The van der Waals surface area contributed by atoms with Gasteiger partial charge in [-0.1, -0.05) is 33.3 Å². The van der Waals surface area contributed by atoms with Gasteiger partial charge in [0.2, 0.25) is 0 Å². The van der Waals surface area contributed by atoms with Gasteiger partial charge in [-0.05, 0) is 112 Å². The molecule has 8 atom stereocenters. The van der Waals surface area contributed by atoms with Gasteiger partial charge < -0.3 is 0 Å². The van der Waals surface area contributed by atoms with Crippen molar-refractivity contribution in [2.24, 2.45) is 45.8 Å². The molecule has 2 unspecified atom stereocenters. The highest BCUT2D eigenvalue weighted by molar-refractivity contribution is 14.1. The first-order valence-corrected chi connectivity index (χ1v) is 10.8. The molecule has 4 fully saturated rings. The van der Waals surface area contributed by atoms with Crippen molar-refractivity contribution in [3.63, 3.8) is 0 Å². The van der Waals surface area contributed by atoms with Gasteiger partial charge in [0.15, 0.2) is 0 Å². The van der Waals surface area contributed by atoms with Crippen LogP contribution in [0.4, 0.5) is 0 Å². The van der Waals surface area contributed by atoms with Crippen LogP contribution in [0.5, 0.6) is 0 Å². The van der Waals surface area contributed by atoms with E-state index in [1.165, 1.54) is 25.7 Å². The molecule has 5 aliphatic carbocycles. The third kappa shape index (κ3) is 1.56. The van der Waals surface area contributed by atoms with Crippen molar-refractivity contribution in [2.45, 2.75) is 72.1 Å². The lowest BCUT2D eigenvalue weighted by atomic mass is 9.44. The molecule has 0 nitrogen and oxygen atoms in total. The van der Waals surface area contributed by atoms with Gasteiger partial charge in [0.05, 0.1) is 0 Å². The van der Waals surface area contributed by atoms with E-state index in [-0.39, 0.29) is 0 Å². The summed E-state index contributed by atoms with van der Waals surface area (Å²) in [5, 5.41) is 0. The number of fused-ring (bicyclic) bond motifs is 4. The van der Waals surface area contributed by atoms with E-state index in [4.69, 9.17) is 0 Å². The molecule has 5 rings (SSSR count). The van der Waals surface area contributed by atoms with Crippen molar-refractivity contribution in [1.82, 2.24) is 0 Å². The van der Waals surface area contributed by atoms with Gasteiger partial charge in [-0.25, -0.2) is 0 Å². The number of rotatable bonds is 0. The number of allylic oxidation sites excluding steroid dienone is 2. The van der Waals surface area contributed by atoms with E-state index in [1.54, 1.807) is 29.3 Å². The maximum Gasteiger partial charge on any atom is 0.00135 e. The zero-order chi connectivity index (χ0) is 15.3. The molecule has 0 aromatic heterocycles. The van der Waals surface area contributed by atoms with Gasteiger partial charge in [0.1, 0.15) is 0 Å². The van der Waals surface area contributed by atoms with Crippen LogP contribution >= 0.6 is 22.6 Å². The molecule has 0 N–H and O–H groups in total. The maximum absolute atomic E-state index is 2.74. The second-order valence-electron chi connectivity index (χ2n) is 10.2. The van der Waals surface area contributed by atoms with Crippen LogP contribution in [0.1, 0.15) is 72.1 Å². The van der Waals surface area contributed by atoms with Crippen molar-refractivity contribution in [1.29, 1.82) is 0 Å². The summed E-state index contributed by atoms with van der Waals surface area (Å²) in [4.78, 5) is 0. The van der Waals surface area contributed by atoms with Crippen LogP contribution in [0, 0.1) is 45.8 Å².